The topological polar surface area (TPSA) is 102 Å². The van der Waals surface area contributed by atoms with Gasteiger partial charge in [0, 0.05) is 55.1 Å². The van der Waals surface area contributed by atoms with Crippen LogP contribution in [0, 0.1) is 10.1 Å². The first-order valence-electron chi connectivity index (χ1n) is 11.9. The highest BCUT2D eigenvalue weighted by atomic mass is 35.5. The number of anilines is 3. The molecule has 2 aromatic heterocycles. The van der Waals surface area contributed by atoms with E-state index in [4.69, 9.17) is 16.3 Å². The summed E-state index contributed by atoms with van der Waals surface area (Å²) in [5, 5.41) is 16.4. The van der Waals surface area contributed by atoms with E-state index in [-0.39, 0.29) is 16.6 Å². The van der Waals surface area contributed by atoms with Crippen LogP contribution in [0.1, 0.15) is 6.42 Å². The van der Waals surface area contributed by atoms with Crippen LogP contribution in [-0.4, -0.2) is 64.7 Å². The summed E-state index contributed by atoms with van der Waals surface area (Å²) in [5.41, 5.74) is 3.48. The largest absolute Gasteiger partial charge is 0.495 e. The van der Waals surface area contributed by atoms with Crippen LogP contribution < -0.4 is 15.0 Å². The van der Waals surface area contributed by atoms with Crippen LogP contribution in [-0.2, 0) is 7.05 Å². The number of nitro benzene ring substituents is 1. The Labute approximate surface area is 219 Å². The molecule has 0 saturated carbocycles. The van der Waals surface area contributed by atoms with E-state index in [0.717, 1.165) is 41.7 Å². The third-order valence-electron chi connectivity index (χ3n) is 6.85. The third-order valence-corrected chi connectivity index (χ3v) is 7.12. The Morgan fingerprint density at radius 1 is 1.27 bits per heavy atom. The second-order valence-electron chi connectivity index (χ2n) is 9.34. The molecule has 1 aliphatic heterocycles. The predicted octanol–water partition coefficient (Wildman–Crippen LogP) is 5.09. The van der Waals surface area contributed by atoms with Crippen molar-refractivity contribution in [2.45, 2.75) is 12.5 Å². The number of likely N-dealkylation sites (N-methyl/N-ethyl adjacent to an activating group) is 1. The molecular formula is C26H28ClN7O3. The van der Waals surface area contributed by atoms with Crippen LogP contribution in [0.15, 0.2) is 48.8 Å². The first-order valence-corrected chi connectivity index (χ1v) is 12.3. The summed E-state index contributed by atoms with van der Waals surface area (Å²) in [6, 6.07) is 11.3. The van der Waals surface area contributed by atoms with E-state index in [0.29, 0.717) is 28.1 Å². The van der Waals surface area contributed by atoms with Gasteiger partial charge in [0.15, 0.2) is 0 Å². The van der Waals surface area contributed by atoms with Gasteiger partial charge in [0.1, 0.15) is 11.4 Å². The quantitative estimate of drug-likeness (QED) is 0.265. The number of aryl methyl sites for hydroxylation is 1. The van der Waals surface area contributed by atoms with Crippen LogP contribution >= 0.6 is 11.6 Å². The van der Waals surface area contributed by atoms with Gasteiger partial charge >= 0.3 is 0 Å². The van der Waals surface area contributed by atoms with E-state index >= 15 is 0 Å². The highest BCUT2D eigenvalue weighted by Gasteiger charge is 2.29. The minimum Gasteiger partial charge on any atom is -0.495 e. The van der Waals surface area contributed by atoms with Crippen LogP contribution in [0.4, 0.5) is 23.0 Å². The number of hydrogen-bond donors (Lipinski definition) is 1. The zero-order valence-electron chi connectivity index (χ0n) is 21.1. The molecule has 10 nitrogen and oxygen atoms in total. The summed E-state index contributed by atoms with van der Waals surface area (Å²) < 4.78 is 7.49. The normalized spacial score (nSPS) is 15.5. The van der Waals surface area contributed by atoms with Gasteiger partial charge in [-0.05, 0) is 38.7 Å². The molecule has 0 aliphatic carbocycles. The van der Waals surface area contributed by atoms with E-state index < -0.39 is 0 Å². The Morgan fingerprint density at radius 2 is 2.08 bits per heavy atom. The Hall–Kier alpha value is -3.89. The highest BCUT2D eigenvalue weighted by molar-refractivity contribution is 6.33. The Balaban J connectivity index is 1.47. The standard InChI is InChI=1S/C26H28ClN7O3/c1-31(2)17-10-11-33(14-17)21-9-8-16(12-22(21)34(35)36)29-26-28-13-20(27)24(30-26)19-15-32(3)25-18(19)6-5-7-23(25)37-4/h5-9,12-13,15,17H,10-11,14H2,1-4H3,(H,28,29,30)/t17-/m0/s1. The van der Waals surface area contributed by atoms with E-state index in [1.807, 2.05) is 56.2 Å². The number of fused-ring (bicyclic) bond motifs is 1. The van der Waals surface area contributed by atoms with Gasteiger partial charge in [-0.1, -0.05) is 23.7 Å². The SMILES string of the molecule is COc1cccc2c(-c3nc(Nc4ccc(N5CC[C@H](N(C)C)C5)c([N+](=O)[O-])c4)ncc3Cl)cn(C)c12. The average molecular weight is 522 g/mol. The molecule has 5 rings (SSSR count). The van der Waals surface area contributed by atoms with Gasteiger partial charge in [-0.3, -0.25) is 10.1 Å². The zero-order valence-corrected chi connectivity index (χ0v) is 21.9. The minimum atomic E-state index is -0.346. The number of nitrogens with zero attached hydrogens (tertiary/aromatic N) is 6. The van der Waals surface area contributed by atoms with Crippen molar-refractivity contribution < 1.29 is 9.66 Å². The second kappa shape index (κ2) is 9.87. The number of ether oxygens (including phenoxy) is 1. The molecule has 1 atom stereocenters. The Kier molecular flexibility index (Phi) is 6.61. The van der Waals surface area contributed by atoms with E-state index in [1.54, 1.807) is 13.2 Å². The van der Waals surface area contributed by atoms with Gasteiger partial charge in [-0.15, -0.1) is 0 Å². The monoisotopic (exact) mass is 521 g/mol. The lowest BCUT2D eigenvalue weighted by Crippen LogP contribution is -2.31. The molecule has 2 aromatic carbocycles. The van der Waals surface area contributed by atoms with Crippen molar-refractivity contribution in [3.63, 3.8) is 0 Å². The third kappa shape index (κ3) is 4.65. The maximum absolute atomic E-state index is 11.9. The first kappa shape index (κ1) is 24.8. The smallest absolute Gasteiger partial charge is 0.294 e. The number of aromatic nitrogens is 3. The number of para-hydroxylation sites is 1. The molecule has 1 aliphatic rings. The van der Waals surface area contributed by atoms with Crippen LogP contribution in [0.3, 0.4) is 0 Å². The average Bonchev–Trinajstić information content (AvgIpc) is 3.51. The number of halogens is 1. The Bertz CT molecular complexity index is 1490. The van der Waals surface area contributed by atoms with Gasteiger partial charge in [0.2, 0.25) is 5.95 Å². The van der Waals surface area contributed by atoms with Crippen LogP contribution in [0.2, 0.25) is 5.02 Å². The van der Waals surface area contributed by atoms with Crippen molar-refractivity contribution in [2.24, 2.45) is 7.05 Å². The number of benzene rings is 2. The molecule has 0 bridgehead atoms. The fraction of sp³-hybridized carbons (Fsp3) is 0.308. The fourth-order valence-electron chi connectivity index (χ4n) is 4.93. The summed E-state index contributed by atoms with van der Waals surface area (Å²) in [6.45, 7) is 1.52. The van der Waals surface area contributed by atoms with Gasteiger partial charge in [-0.2, -0.15) is 0 Å². The first-order chi connectivity index (χ1) is 17.8. The van der Waals surface area contributed by atoms with Crippen molar-refractivity contribution in [3.8, 4) is 17.0 Å². The molecule has 37 heavy (non-hydrogen) atoms. The molecule has 0 spiro atoms. The van der Waals surface area contributed by atoms with Crippen molar-refractivity contribution in [2.75, 3.05) is 44.5 Å². The van der Waals surface area contributed by atoms with E-state index in [1.165, 1.54) is 12.3 Å². The van der Waals surface area contributed by atoms with Gasteiger partial charge in [-0.25, -0.2) is 9.97 Å². The maximum Gasteiger partial charge on any atom is 0.294 e. The minimum absolute atomic E-state index is 0.0414. The number of nitro groups is 1. The predicted molar refractivity (Wildman–Crippen MR) is 146 cm³/mol. The molecule has 4 aromatic rings. The van der Waals surface area contributed by atoms with Gasteiger partial charge < -0.3 is 24.4 Å². The zero-order chi connectivity index (χ0) is 26.3. The van der Waals surface area contributed by atoms with Crippen molar-refractivity contribution in [1.29, 1.82) is 0 Å². The molecule has 192 valence electrons. The van der Waals surface area contributed by atoms with Crippen molar-refractivity contribution >= 4 is 45.5 Å². The molecule has 1 saturated heterocycles. The number of methoxy groups -OCH3 is 1. The molecule has 0 radical (unpaired) electrons. The fourth-order valence-corrected chi connectivity index (χ4v) is 5.12. The number of hydrogen-bond acceptors (Lipinski definition) is 8. The highest BCUT2D eigenvalue weighted by Crippen LogP contribution is 2.38. The second-order valence-corrected chi connectivity index (χ2v) is 9.75. The summed E-state index contributed by atoms with van der Waals surface area (Å²) in [5.74, 6) is 1.03. The Morgan fingerprint density at radius 3 is 2.78 bits per heavy atom. The lowest BCUT2D eigenvalue weighted by molar-refractivity contribution is -0.384. The summed E-state index contributed by atoms with van der Waals surface area (Å²) in [4.78, 5) is 24.8. The summed E-state index contributed by atoms with van der Waals surface area (Å²) >= 11 is 6.52. The number of nitrogens with one attached hydrogen (secondary N) is 1. The molecular weight excluding hydrogens is 494 g/mol. The molecule has 1 N–H and O–H groups in total. The summed E-state index contributed by atoms with van der Waals surface area (Å²) in [6.07, 6.45) is 4.44. The van der Waals surface area contributed by atoms with Crippen LogP contribution in [0.5, 0.6) is 5.75 Å². The van der Waals surface area contributed by atoms with E-state index in [2.05, 4.69) is 25.1 Å². The van der Waals surface area contributed by atoms with Gasteiger partial charge in [0.05, 0.1) is 34.5 Å². The van der Waals surface area contributed by atoms with E-state index in [9.17, 15) is 10.1 Å². The van der Waals surface area contributed by atoms with Crippen molar-refractivity contribution in [1.82, 2.24) is 19.4 Å². The van der Waals surface area contributed by atoms with Crippen molar-refractivity contribution in [3.05, 3.63) is 63.9 Å². The molecule has 0 amide bonds. The molecule has 0 unspecified atom stereocenters. The maximum atomic E-state index is 11.9. The molecule has 11 heteroatoms. The lowest BCUT2D eigenvalue weighted by atomic mass is 10.1. The molecule has 1 fully saturated rings. The molecule has 3 heterocycles. The summed E-state index contributed by atoms with van der Waals surface area (Å²) in [7, 11) is 7.63. The van der Waals surface area contributed by atoms with Crippen LogP contribution in [0.25, 0.3) is 22.2 Å². The number of rotatable bonds is 7. The lowest BCUT2D eigenvalue weighted by Gasteiger charge is -2.22. The van der Waals surface area contributed by atoms with Gasteiger partial charge in [0.25, 0.3) is 5.69 Å².